The second-order valence-corrected chi connectivity index (χ2v) is 3.64. The van der Waals surface area contributed by atoms with Crippen molar-refractivity contribution in [3.05, 3.63) is 27.5 Å². The maximum atomic E-state index is 12.8. The summed E-state index contributed by atoms with van der Waals surface area (Å²) >= 11 is 2.82. The summed E-state index contributed by atoms with van der Waals surface area (Å²) in [7, 11) is 0. The largest absolute Gasteiger partial charge is 0.462 e. The van der Waals surface area contributed by atoms with E-state index in [4.69, 9.17) is 5.26 Å². The molecule has 0 radical (unpaired) electrons. The molecule has 0 amide bonds. The molecule has 90 valence electrons. The Kier molecular flexibility index (Phi) is 4.52. The molecule has 0 aromatic carbocycles. The molecule has 1 rings (SSSR count). The van der Waals surface area contributed by atoms with E-state index in [1.54, 1.807) is 13.0 Å². The number of aromatic nitrogens is 1. The van der Waals surface area contributed by atoms with Gasteiger partial charge in [-0.1, -0.05) is 0 Å². The minimum Gasteiger partial charge on any atom is -0.462 e. The lowest BCUT2D eigenvalue weighted by Crippen LogP contribution is -2.12. The maximum absolute atomic E-state index is 12.8. The molecular formula is C10H7BrF2N2O2. The normalized spacial score (nSPS) is 10.1. The van der Waals surface area contributed by atoms with E-state index < -0.39 is 23.5 Å². The lowest BCUT2D eigenvalue weighted by Gasteiger charge is -2.10. The molecule has 0 aliphatic rings. The molecule has 0 aliphatic heterocycles. The predicted octanol–water partition coefficient (Wildman–Crippen LogP) is 2.83. The number of ether oxygens (including phenoxy) is 1. The number of halogens is 3. The number of carbonyl (C=O) groups excluding carboxylic acids is 1. The van der Waals surface area contributed by atoms with Crippen LogP contribution in [0.2, 0.25) is 0 Å². The molecule has 0 unspecified atom stereocenters. The maximum Gasteiger partial charge on any atom is 0.340 e. The van der Waals surface area contributed by atoms with Crippen LogP contribution in [0, 0.1) is 11.3 Å². The Morgan fingerprint density at radius 2 is 2.35 bits per heavy atom. The number of esters is 1. The summed E-state index contributed by atoms with van der Waals surface area (Å²) in [6.45, 7) is 1.58. The summed E-state index contributed by atoms with van der Waals surface area (Å²) < 4.78 is 30.1. The van der Waals surface area contributed by atoms with Crippen molar-refractivity contribution in [2.45, 2.75) is 13.3 Å². The summed E-state index contributed by atoms with van der Waals surface area (Å²) in [6.07, 6.45) is -1.88. The van der Waals surface area contributed by atoms with Crippen LogP contribution in [0.3, 0.4) is 0 Å². The monoisotopic (exact) mass is 304 g/mol. The lowest BCUT2D eigenvalue weighted by atomic mass is 10.1. The number of nitrogens with zero attached hydrogens (tertiary/aromatic N) is 2. The number of pyridine rings is 1. The molecule has 0 saturated heterocycles. The van der Waals surface area contributed by atoms with Crippen molar-refractivity contribution in [1.29, 1.82) is 5.26 Å². The van der Waals surface area contributed by atoms with Crippen LogP contribution in [0.1, 0.15) is 34.8 Å². The Bertz CT molecular complexity index is 486. The Balaban J connectivity index is 3.47. The van der Waals surface area contributed by atoms with Crippen LogP contribution in [0.4, 0.5) is 8.78 Å². The van der Waals surface area contributed by atoms with Crippen molar-refractivity contribution >= 4 is 21.9 Å². The number of hydrogen-bond donors (Lipinski definition) is 0. The van der Waals surface area contributed by atoms with E-state index >= 15 is 0 Å². The van der Waals surface area contributed by atoms with Crippen molar-refractivity contribution in [1.82, 2.24) is 4.98 Å². The number of rotatable bonds is 3. The molecule has 0 bridgehead atoms. The Hall–Kier alpha value is -1.55. The topological polar surface area (TPSA) is 63.0 Å². The van der Waals surface area contributed by atoms with E-state index in [2.05, 4.69) is 25.7 Å². The van der Waals surface area contributed by atoms with Crippen molar-refractivity contribution in [3.8, 4) is 6.07 Å². The van der Waals surface area contributed by atoms with Gasteiger partial charge in [-0.25, -0.2) is 18.6 Å². The fraction of sp³-hybridized carbons (Fsp3) is 0.300. The standard InChI is InChI=1S/C10H7BrF2N2O2/c1-2-17-10(16)6-5(3-14)4-15-8(11)7(6)9(12)13/h4,9H,2H2,1H3. The molecule has 1 aromatic rings. The molecule has 1 aromatic heterocycles. The molecule has 7 heteroatoms. The van der Waals surface area contributed by atoms with Gasteiger partial charge in [-0.3, -0.25) is 0 Å². The third kappa shape index (κ3) is 2.77. The molecule has 4 nitrogen and oxygen atoms in total. The summed E-state index contributed by atoms with van der Waals surface area (Å²) in [5.74, 6) is -0.956. The molecule has 0 saturated carbocycles. The highest BCUT2D eigenvalue weighted by Crippen LogP contribution is 2.31. The fourth-order valence-corrected chi connectivity index (χ4v) is 1.68. The van der Waals surface area contributed by atoms with E-state index in [9.17, 15) is 13.6 Å². The summed E-state index contributed by atoms with van der Waals surface area (Å²) in [4.78, 5) is 15.1. The van der Waals surface area contributed by atoms with Gasteiger partial charge >= 0.3 is 5.97 Å². The second-order valence-electron chi connectivity index (χ2n) is 2.88. The zero-order valence-electron chi connectivity index (χ0n) is 8.71. The van der Waals surface area contributed by atoms with Crippen molar-refractivity contribution < 1.29 is 18.3 Å². The van der Waals surface area contributed by atoms with Crippen LogP contribution in [0.15, 0.2) is 10.8 Å². The summed E-state index contributed by atoms with van der Waals surface area (Å²) in [5, 5.41) is 8.77. The second kappa shape index (κ2) is 5.68. The molecule has 0 aliphatic carbocycles. The zero-order chi connectivity index (χ0) is 13.0. The first-order chi connectivity index (χ1) is 8.02. The van der Waals surface area contributed by atoms with Crippen LogP contribution in [0.25, 0.3) is 0 Å². The van der Waals surface area contributed by atoms with Gasteiger partial charge in [-0.05, 0) is 22.9 Å². The Morgan fingerprint density at radius 1 is 1.71 bits per heavy atom. The van der Waals surface area contributed by atoms with Crippen LogP contribution < -0.4 is 0 Å². The van der Waals surface area contributed by atoms with Gasteiger partial charge in [-0.15, -0.1) is 0 Å². The lowest BCUT2D eigenvalue weighted by molar-refractivity contribution is 0.0514. The minimum absolute atomic E-state index is 0.0340. The van der Waals surface area contributed by atoms with Gasteiger partial charge in [-0.2, -0.15) is 5.26 Å². The smallest absolute Gasteiger partial charge is 0.340 e. The highest BCUT2D eigenvalue weighted by Gasteiger charge is 2.26. The van der Waals surface area contributed by atoms with Gasteiger partial charge in [0.15, 0.2) is 0 Å². The molecular weight excluding hydrogens is 298 g/mol. The summed E-state index contributed by atoms with van der Waals surface area (Å²) in [5.41, 5.74) is -1.30. The quantitative estimate of drug-likeness (QED) is 0.636. The van der Waals surface area contributed by atoms with Crippen molar-refractivity contribution in [2.24, 2.45) is 0 Å². The van der Waals surface area contributed by atoms with Crippen LogP contribution in [0.5, 0.6) is 0 Å². The molecule has 1 heterocycles. The van der Waals surface area contributed by atoms with Gasteiger partial charge in [0.25, 0.3) is 6.43 Å². The first kappa shape index (κ1) is 13.5. The first-order valence-electron chi connectivity index (χ1n) is 4.56. The van der Waals surface area contributed by atoms with Gasteiger partial charge in [0.05, 0.1) is 23.3 Å². The molecule has 0 fully saturated rings. The molecule has 0 N–H and O–H groups in total. The average molecular weight is 305 g/mol. The van der Waals surface area contributed by atoms with Gasteiger partial charge in [0.2, 0.25) is 0 Å². The Morgan fingerprint density at radius 3 is 2.82 bits per heavy atom. The first-order valence-corrected chi connectivity index (χ1v) is 5.36. The molecule has 0 spiro atoms. The van der Waals surface area contributed by atoms with E-state index in [-0.39, 0.29) is 16.8 Å². The van der Waals surface area contributed by atoms with Crippen molar-refractivity contribution in [3.63, 3.8) is 0 Å². The summed E-state index contributed by atoms with van der Waals surface area (Å²) in [6, 6.07) is 1.64. The number of alkyl halides is 2. The van der Waals surface area contributed by atoms with Gasteiger partial charge in [0.1, 0.15) is 10.7 Å². The van der Waals surface area contributed by atoms with Crippen LogP contribution in [-0.2, 0) is 4.74 Å². The van der Waals surface area contributed by atoms with E-state index in [0.717, 1.165) is 6.20 Å². The van der Waals surface area contributed by atoms with E-state index in [0.29, 0.717) is 0 Å². The highest BCUT2D eigenvalue weighted by molar-refractivity contribution is 9.10. The minimum atomic E-state index is -2.93. The number of nitriles is 1. The van der Waals surface area contributed by atoms with Crippen molar-refractivity contribution in [2.75, 3.05) is 6.61 Å². The third-order valence-electron chi connectivity index (χ3n) is 1.89. The van der Waals surface area contributed by atoms with E-state index in [1.165, 1.54) is 0 Å². The van der Waals surface area contributed by atoms with E-state index in [1.807, 2.05) is 0 Å². The van der Waals surface area contributed by atoms with Crippen LogP contribution >= 0.6 is 15.9 Å². The zero-order valence-corrected chi connectivity index (χ0v) is 10.3. The average Bonchev–Trinajstić information content (AvgIpc) is 2.28. The highest BCUT2D eigenvalue weighted by atomic mass is 79.9. The molecule has 0 atom stereocenters. The number of carbonyl (C=O) groups is 1. The SMILES string of the molecule is CCOC(=O)c1c(C#N)cnc(Br)c1C(F)F. The van der Waals surface area contributed by atoms with Crippen LogP contribution in [-0.4, -0.2) is 17.6 Å². The number of hydrogen-bond acceptors (Lipinski definition) is 4. The Labute approximate surface area is 104 Å². The molecule has 17 heavy (non-hydrogen) atoms. The van der Waals surface area contributed by atoms with Gasteiger partial charge in [0, 0.05) is 6.20 Å². The predicted molar refractivity (Wildman–Crippen MR) is 57.6 cm³/mol. The third-order valence-corrected chi connectivity index (χ3v) is 2.52. The fourth-order valence-electron chi connectivity index (χ4n) is 1.21. The van der Waals surface area contributed by atoms with Gasteiger partial charge < -0.3 is 4.74 Å².